The Morgan fingerprint density at radius 2 is 2.00 bits per heavy atom. The Balaban J connectivity index is 1.93. The van der Waals surface area contributed by atoms with E-state index < -0.39 is 0 Å². The van der Waals surface area contributed by atoms with Crippen molar-refractivity contribution in [2.75, 3.05) is 6.54 Å². The third kappa shape index (κ3) is 1.20. The lowest BCUT2D eigenvalue weighted by Crippen LogP contribution is -2.34. The van der Waals surface area contributed by atoms with Crippen molar-refractivity contribution in [1.29, 1.82) is 0 Å². The molecule has 1 radical (unpaired) electrons. The van der Waals surface area contributed by atoms with Crippen molar-refractivity contribution < 1.29 is 0 Å². The Morgan fingerprint density at radius 3 is 2.90 bits per heavy atom. The van der Waals surface area contributed by atoms with Crippen LogP contribution in [0, 0.1) is 18.4 Å². The average Bonchev–Trinajstić information content (AvgIpc) is 2.05. The van der Waals surface area contributed by atoms with Crippen LogP contribution >= 0.6 is 0 Å². The molecule has 1 nitrogen and oxygen atoms in total. The molecule has 1 saturated carbocycles. The van der Waals surface area contributed by atoms with Gasteiger partial charge in [-0.25, -0.2) is 0 Å². The van der Waals surface area contributed by atoms with Crippen molar-refractivity contribution in [2.24, 2.45) is 11.8 Å². The summed E-state index contributed by atoms with van der Waals surface area (Å²) in [5, 5.41) is 3.36. The predicted octanol–water partition coefficient (Wildman–Crippen LogP) is 1.95. The highest BCUT2D eigenvalue weighted by molar-refractivity contribution is 4.88. The fourth-order valence-corrected chi connectivity index (χ4v) is 2.32. The molecule has 2 rings (SSSR count). The van der Waals surface area contributed by atoms with E-state index >= 15 is 0 Å². The lowest BCUT2D eigenvalue weighted by atomic mass is 9.76. The van der Waals surface area contributed by atoms with Gasteiger partial charge in [-0.2, -0.15) is 0 Å². The molecule has 1 aliphatic heterocycles. The molecule has 1 saturated heterocycles. The van der Waals surface area contributed by atoms with Gasteiger partial charge in [0.2, 0.25) is 0 Å². The molecule has 0 aromatic heterocycles. The van der Waals surface area contributed by atoms with Crippen molar-refractivity contribution >= 4 is 0 Å². The SMILES string of the molecule is [CH]1NCCC2CCCCC12. The van der Waals surface area contributed by atoms with Crippen LogP contribution in [0.3, 0.4) is 0 Å². The van der Waals surface area contributed by atoms with Crippen molar-refractivity contribution in [2.45, 2.75) is 32.1 Å². The van der Waals surface area contributed by atoms with Gasteiger partial charge in [0.25, 0.3) is 0 Å². The summed E-state index contributed by atoms with van der Waals surface area (Å²) in [4.78, 5) is 0. The van der Waals surface area contributed by atoms with Gasteiger partial charge in [-0.1, -0.05) is 19.3 Å². The van der Waals surface area contributed by atoms with Crippen LogP contribution in [-0.2, 0) is 0 Å². The number of rotatable bonds is 0. The molecular weight excluding hydrogens is 122 g/mol. The maximum absolute atomic E-state index is 3.36. The van der Waals surface area contributed by atoms with E-state index in [1.807, 2.05) is 0 Å². The first-order valence-electron chi connectivity index (χ1n) is 4.53. The van der Waals surface area contributed by atoms with Crippen LogP contribution in [0.2, 0.25) is 0 Å². The minimum absolute atomic E-state index is 0.919. The van der Waals surface area contributed by atoms with Crippen molar-refractivity contribution in [1.82, 2.24) is 5.32 Å². The van der Waals surface area contributed by atoms with Crippen molar-refractivity contribution in [3.8, 4) is 0 Å². The van der Waals surface area contributed by atoms with E-state index in [4.69, 9.17) is 0 Å². The van der Waals surface area contributed by atoms with Crippen LogP contribution in [0.15, 0.2) is 0 Å². The molecule has 2 fully saturated rings. The Hall–Kier alpha value is -0.0400. The van der Waals surface area contributed by atoms with Crippen LogP contribution in [-0.4, -0.2) is 6.54 Å². The third-order valence-electron chi connectivity index (χ3n) is 2.96. The summed E-state index contributed by atoms with van der Waals surface area (Å²) in [6.07, 6.45) is 7.29. The highest BCUT2D eigenvalue weighted by Gasteiger charge is 2.27. The highest BCUT2D eigenvalue weighted by atomic mass is 14.9. The van der Waals surface area contributed by atoms with E-state index in [9.17, 15) is 0 Å². The first-order valence-corrected chi connectivity index (χ1v) is 4.53. The maximum Gasteiger partial charge on any atom is 0.0254 e. The molecule has 1 aliphatic carbocycles. The van der Waals surface area contributed by atoms with Gasteiger partial charge >= 0.3 is 0 Å². The quantitative estimate of drug-likeness (QED) is 0.539. The molecule has 1 heteroatoms. The number of nitrogens with one attached hydrogen (secondary N) is 1. The molecule has 10 heavy (non-hydrogen) atoms. The number of piperidine rings is 1. The maximum atomic E-state index is 3.36. The van der Waals surface area contributed by atoms with Gasteiger partial charge in [0.15, 0.2) is 0 Å². The topological polar surface area (TPSA) is 12.0 Å². The molecule has 2 unspecified atom stereocenters. The third-order valence-corrected chi connectivity index (χ3v) is 2.96. The fraction of sp³-hybridized carbons (Fsp3) is 0.889. The average molecular weight is 138 g/mol. The molecule has 2 aliphatic rings. The first kappa shape index (κ1) is 6.66. The zero-order chi connectivity index (χ0) is 6.81. The monoisotopic (exact) mass is 138 g/mol. The van der Waals surface area contributed by atoms with Gasteiger partial charge in [0, 0.05) is 6.54 Å². The van der Waals surface area contributed by atoms with E-state index in [2.05, 4.69) is 11.9 Å². The normalized spacial score (nSPS) is 40.8. The van der Waals surface area contributed by atoms with Gasteiger partial charge in [-0.05, 0) is 31.2 Å². The van der Waals surface area contributed by atoms with Gasteiger partial charge in [0.05, 0.1) is 0 Å². The second-order valence-electron chi connectivity index (χ2n) is 3.62. The van der Waals surface area contributed by atoms with E-state index in [1.54, 1.807) is 0 Å². The second kappa shape index (κ2) is 2.91. The molecule has 0 amide bonds. The summed E-state index contributed by atoms with van der Waals surface area (Å²) in [5.41, 5.74) is 0. The van der Waals surface area contributed by atoms with Gasteiger partial charge in [-0.3, -0.25) is 0 Å². The van der Waals surface area contributed by atoms with Crippen molar-refractivity contribution in [3.05, 3.63) is 6.54 Å². The Kier molecular flexibility index (Phi) is 1.94. The molecule has 0 aromatic rings. The number of fused-ring (bicyclic) bond motifs is 1. The summed E-state index contributed by atoms with van der Waals surface area (Å²) in [5.74, 6) is 1.96. The smallest absolute Gasteiger partial charge is 0.0254 e. The molecule has 1 N–H and O–H groups in total. The van der Waals surface area contributed by atoms with E-state index in [-0.39, 0.29) is 0 Å². The van der Waals surface area contributed by atoms with Gasteiger partial charge < -0.3 is 5.32 Å². The van der Waals surface area contributed by atoms with Crippen LogP contribution in [0.4, 0.5) is 0 Å². The zero-order valence-electron chi connectivity index (χ0n) is 6.47. The largest absolute Gasteiger partial charge is 0.312 e. The summed E-state index contributed by atoms with van der Waals surface area (Å²) in [6.45, 7) is 3.56. The molecule has 2 atom stereocenters. The second-order valence-corrected chi connectivity index (χ2v) is 3.62. The number of hydrogen-bond acceptors (Lipinski definition) is 1. The van der Waals surface area contributed by atoms with Crippen LogP contribution in [0.1, 0.15) is 32.1 Å². The minimum atomic E-state index is 0.919. The Bertz CT molecular complexity index is 85.3. The van der Waals surface area contributed by atoms with Crippen molar-refractivity contribution in [3.63, 3.8) is 0 Å². The van der Waals surface area contributed by atoms with Crippen LogP contribution in [0.25, 0.3) is 0 Å². The highest BCUT2D eigenvalue weighted by Crippen LogP contribution is 2.34. The van der Waals surface area contributed by atoms with Gasteiger partial charge in [0.1, 0.15) is 0 Å². The summed E-state index contributed by atoms with van der Waals surface area (Å²) < 4.78 is 0. The molecule has 1 heterocycles. The summed E-state index contributed by atoms with van der Waals surface area (Å²) in [7, 11) is 0. The van der Waals surface area contributed by atoms with E-state index in [0.29, 0.717) is 0 Å². The van der Waals surface area contributed by atoms with Crippen LogP contribution in [0.5, 0.6) is 0 Å². The molecule has 57 valence electrons. The predicted molar refractivity (Wildman–Crippen MR) is 42.4 cm³/mol. The summed E-state index contributed by atoms with van der Waals surface area (Å²) >= 11 is 0. The lowest BCUT2D eigenvalue weighted by Gasteiger charge is -2.35. The Morgan fingerprint density at radius 1 is 1.10 bits per heavy atom. The molecule has 0 bridgehead atoms. The molecule has 0 spiro atoms. The first-order chi connectivity index (χ1) is 4.97. The standard InChI is InChI=1S/C9H16N/c1-2-4-9-7-10-6-5-8(9)3-1/h7-10H,1-6H2. The van der Waals surface area contributed by atoms with Gasteiger partial charge in [-0.15, -0.1) is 0 Å². The van der Waals surface area contributed by atoms with Crippen LogP contribution < -0.4 is 5.32 Å². The molecule has 0 aromatic carbocycles. The Labute approximate surface area is 63.2 Å². The zero-order valence-corrected chi connectivity index (χ0v) is 6.47. The molecular formula is C9H16N. The lowest BCUT2D eigenvalue weighted by molar-refractivity contribution is 0.216. The number of hydrogen-bond donors (Lipinski definition) is 1. The van der Waals surface area contributed by atoms with E-state index in [1.165, 1.54) is 38.6 Å². The summed E-state index contributed by atoms with van der Waals surface area (Å²) in [6, 6.07) is 0. The fourth-order valence-electron chi connectivity index (χ4n) is 2.32. The minimum Gasteiger partial charge on any atom is -0.312 e. The van der Waals surface area contributed by atoms with E-state index in [0.717, 1.165) is 11.8 Å².